The maximum atomic E-state index is 12.9. The summed E-state index contributed by atoms with van der Waals surface area (Å²) < 4.78 is 1.82. The fourth-order valence-electron chi connectivity index (χ4n) is 3.67. The minimum absolute atomic E-state index is 0.0563. The van der Waals surface area contributed by atoms with E-state index in [0.717, 1.165) is 33.6 Å². The van der Waals surface area contributed by atoms with Crippen LogP contribution < -0.4 is 0 Å². The second kappa shape index (κ2) is 9.28. The molecule has 0 atom stereocenters. The van der Waals surface area contributed by atoms with Gasteiger partial charge in [0.25, 0.3) is 0 Å². The minimum Gasteiger partial charge on any atom is -0.289 e. The fraction of sp³-hybridized carbons (Fsp3) is 0. The molecule has 0 saturated carbocycles. The van der Waals surface area contributed by atoms with E-state index in [1.54, 1.807) is 18.5 Å². The Balaban J connectivity index is 1.44. The first-order valence-electron chi connectivity index (χ1n) is 10.7. The quantitative estimate of drug-likeness (QED) is 0.230. The van der Waals surface area contributed by atoms with Crippen LogP contribution in [-0.2, 0) is 0 Å². The van der Waals surface area contributed by atoms with Gasteiger partial charge in [0.15, 0.2) is 5.78 Å². The van der Waals surface area contributed by atoms with Gasteiger partial charge in [-0.1, -0.05) is 72.8 Å². The molecule has 0 aliphatic heterocycles. The molecule has 2 heterocycles. The van der Waals surface area contributed by atoms with Crippen LogP contribution in [0.1, 0.15) is 15.9 Å². The molecule has 0 unspecified atom stereocenters. The van der Waals surface area contributed by atoms with Gasteiger partial charge in [-0.2, -0.15) is 5.10 Å². The SMILES string of the molecule is O=C(/C=C/c1cn(-c2ccccc2)nc1-c1cccnc1)c1ccc(-c2ccccc2)cc1. The van der Waals surface area contributed by atoms with Crippen molar-refractivity contribution < 1.29 is 4.79 Å². The smallest absolute Gasteiger partial charge is 0.185 e. The van der Waals surface area contributed by atoms with Crippen molar-refractivity contribution >= 4 is 11.9 Å². The number of hydrogen-bond acceptors (Lipinski definition) is 3. The highest BCUT2D eigenvalue weighted by Crippen LogP contribution is 2.25. The molecule has 0 bridgehead atoms. The Labute approximate surface area is 192 Å². The van der Waals surface area contributed by atoms with Gasteiger partial charge in [0.05, 0.1) is 5.69 Å². The summed E-state index contributed by atoms with van der Waals surface area (Å²) in [5.41, 5.74) is 6.32. The highest BCUT2D eigenvalue weighted by Gasteiger charge is 2.11. The van der Waals surface area contributed by atoms with E-state index in [0.29, 0.717) is 5.56 Å². The van der Waals surface area contributed by atoms with Gasteiger partial charge >= 0.3 is 0 Å². The molecule has 0 N–H and O–H groups in total. The molecule has 5 rings (SSSR count). The van der Waals surface area contributed by atoms with Gasteiger partial charge in [-0.15, -0.1) is 0 Å². The molecule has 2 aromatic heterocycles. The average Bonchev–Trinajstić information content (AvgIpc) is 3.33. The number of carbonyl (C=O) groups is 1. The topological polar surface area (TPSA) is 47.8 Å². The van der Waals surface area contributed by atoms with E-state index in [4.69, 9.17) is 5.10 Å². The summed E-state index contributed by atoms with van der Waals surface area (Å²) in [5, 5.41) is 4.76. The van der Waals surface area contributed by atoms with Gasteiger partial charge in [0.1, 0.15) is 5.69 Å². The predicted molar refractivity (Wildman–Crippen MR) is 132 cm³/mol. The van der Waals surface area contributed by atoms with E-state index in [-0.39, 0.29) is 5.78 Å². The van der Waals surface area contributed by atoms with Crippen LogP contribution in [0.4, 0.5) is 0 Å². The number of allylic oxidation sites excluding steroid dienone is 1. The zero-order valence-electron chi connectivity index (χ0n) is 17.9. The Bertz CT molecular complexity index is 1390. The lowest BCUT2D eigenvalue weighted by atomic mass is 10.0. The number of aromatic nitrogens is 3. The van der Waals surface area contributed by atoms with Crippen LogP contribution in [0.25, 0.3) is 34.1 Å². The van der Waals surface area contributed by atoms with E-state index < -0.39 is 0 Å². The van der Waals surface area contributed by atoms with E-state index >= 15 is 0 Å². The maximum absolute atomic E-state index is 12.9. The van der Waals surface area contributed by atoms with E-state index in [1.807, 2.05) is 102 Å². The summed E-state index contributed by atoms with van der Waals surface area (Å²) in [7, 11) is 0. The third-order valence-corrected chi connectivity index (χ3v) is 5.39. The Morgan fingerprint density at radius 2 is 1.39 bits per heavy atom. The summed E-state index contributed by atoms with van der Waals surface area (Å²) in [5.74, 6) is -0.0563. The fourth-order valence-corrected chi connectivity index (χ4v) is 3.67. The van der Waals surface area contributed by atoms with Crippen LogP contribution in [0.5, 0.6) is 0 Å². The third kappa shape index (κ3) is 4.55. The van der Waals surface area contributed by atoms with Gasteiger partial charge < -0.3 is 0 Å². The number of rotatable bonds is 6. The molecule has 0 aliphatic carbocycles. The van der Waals surface area contributed by atoms with Gasteiger partial charge in [-0.05, 0) is 47.5 Å². The number of carbonyl (C=O) groups excluding carboxylic acids is 1. The number of benzene rings is 3. The standard InChI is InChI=1S/C29H21N3O/c33-28(24-15-13-23(14-16-24)22-8-3-1-4-9-22)18-17-26-21-32(27-11-5-2-6-12-27)31-29(26)25-10-7-19-30-20-25/h1-21H/b18-17+. The molecule has 0 saturated heterocycles. The van der Waals surface area contributed by atoms with E-state index in [9.17, 15) is 4.79 Å². The molecule has 0 fully saturated rings. The second-order valence-corrected chi connectivity index (χ2v) is 7.60. The molecule has 5 aromatic rings. The molecule has 0 spiro atoms. The second-order valence-electron chi connectivity index (χ2n) is 7.60. The number of para-hydroxylation sites is 1. The van der Waals surface area contributed by atoms with Crippen LogP contribution in [0.3, 0.4) is 0 Å². The molecule has 3 aromatic carbocycles. The summed E-state index contributed by atoms with van der Waals surface area (Å²) in [6.07, 6.45) is 8.86. The molecule has 158 valence electrons. The van der Waals surface area contributed by atoms with Crippen molar-refractivity contribution in [3.05, 3.63) is 133 Å². The summed E-state index contributed by atoms with van der Waals surface area (Å²) >= 11 is 0. The van der Waals surface area contributed by atoms with Crippen LogP contribution in [0.2, 0.25) is 0 Å². The lowest BCUT2D eigenvalue weighted by molar-refractivity contribution is 0.104. The zero-order chi connectivity index (χ0) is 22.5. The average molecular weight is 428 g/mol. The maximum Gasteiger partial charge on any atom is 0.185 e. The monoisotopic (exact) mass is 427 g/mol. The van der Waals surface area contributed by atoms with Crippen LogP contribution in [-0.4, -0.2) is 20.5 Å². The van der Waals surface area contributed by atoms with Crippen molar-refractivity contribution in [2.45, 2.75) is 0 Å². The van der Waals surface area contributed by atoms with Crippen LogP contribution in [0.15, 0.2) is 122 Å². The molecule has 33 heavy (non-hydrogen) atoms. The number of pyridine rings is 1. The first kappa shape index (κ1) is 20.3. The highest BCUT2D eigenvalue weighted by atomic mass is 16.1. The Kier molecular flexibility index (Phi) is 5.72. The molecule has 4 heteroatoms. The number of ketones is 1. The number of hydrogen-bond donors (Lipinski definition) is 0. The van der Waals surface area contributed by atoms with Crippen LogP contribution >= 0.6 is 0 Å². The normalized spacial score (nSPS) is 11.0. The largest absolute Gasteiger partial charge is 0.289 e. The number of nitrogens with zero attached hydrogens (tertiary/aromatic N) is 3. The highest BCUT2D eigenvalue weighted by molar-refractivity contribution is 6.07. The lowest BCUT2D eigenvalue weighted by Crippen LogP contribution is -1.94. The summed E-state index contributed by atoms with van der Waals surface area (Å²) in [6.45, 7) is 0. The first-order valence-corrected chi connectivity index (χ1v) is 10.7. The van der Waals surface area contributed by atoms with Gasteiger partial charge in [-0.25, -0.2) is 4.68 Å². The van der Waals surface area contributed by atoms with Crippen molar-refractivity contribution in [3.63, 3.8) is 0 Å². The van der Waals surface area contributed by atoms with Crippen molar-refractivity contribution in [2.75, 3.05) is 0 Å². The Hall–Kier alpha value is -4.57. The van der Waals surface area contributed by atoms with E-state index in [2.05, 4.69) is 17.1 Å². The molecular weight excluding hydrogens is 406 g/mol. The minimum atomic E-state index is -0.0563. The molecule has 0 aliphatic rings. The predicted octanol–water partition coefficient (Wildman–Crippen LogP) is 6.50. The zero-order valence-corrected chi connectivity index (χ0v) is 17.9. The van der Waals surface area contributed by atoms with Crippen molar-refractivity contribution in [1.29, 1.82) is 0 Å². The van der Waals surface area contributed by atoms with Crippen LogP contribution in [0, 0.1) is 0 Å². The Morgan fingerprint density at radius 1 is 0.727 bits per heavy atom. The lowest BCUT2D eigenvalue weighted by Gasteiger charge is -2.02. The van der Waals surface area contributed by atoms with Gasteiger partial charge in [0, 0.05) is 35.3 Å². The van der Waals surface area contributed by atoms with Crippen molar-refractivity contribution in [3.8, 4) is 28.1 Å². The summed E-state index contributed by atoms with van der Waals surface area (Å²) in [6, 6.07) is 31.5. The molecular formula is C29H21N3O. The van der Waals surface area contributed by atoms with Gasteiger partial charge in [-0.3, -0.25) is 9.78 Å². The summed E-state index contributed by atoms with van der Waals surface area (Å²) in [4.78, 5) is 17.1. The Morgan fingerprint density at radius 3 is 2.09 bits per heavy atom. The van der Waals surface area contributed by atoms with Crippen molar-refractivity contribution in [2.24, 2.45) is 0 Å². The molecule has 4 nitrogen and oxygen atoms in total. The molecule has 0 amide bonds. The van der Waals surface area contributed by atoms with Gasteiger partial charge in [0.2, 0.25) is 0 Å². The third-order valence-electron chi connectivity index (χ3n) is 5.39. The molecule has 0 radical (unpaired) electrons. The van der Waals surface area contributed by atoms with E-state index in [1.165, 1.54) is 0 Å². The van der Waals surface area contributed by atoms with Crippen molar-refractivity contribution in [1.82, 2.24) is 14.8 Å². The first-order chi connectivity index (χ1) is 16.3.